The lowest BCUT2D eigenvalue weighted by molar-refractivity contribution is -0.122. The third-order valence-corrected chi connectivity index (χ3v) is 6.29. The fourth-order valence-electron chi connectivity index (χ4n) is 4.69. The molecule has 2 aromatic rings. The third-order valence-electron chi connectivity index (χ3n) is 6.29. The van der Waals surface area contributed by atoms with Crippen molar-refractivity contribution in [1.82, 2.24) is 10.2 Å². The molecule has 0 spiro atoms. The van der Waals surface area contributed by atoms with Crippen LogP contribution in [0.3, 0.4) is 0 Å². The maximum absolute atomic E-state index is 12.7. The molecule has 2 aromatic carbocycles. The number of aliphatic hydroxyl groups is 1. The van der Waals surface area contributed by atoms with Crippen LogP contribution in [0.4, 0.5) is 0 Å². The molecular weight excluding hydrogens is 364 g/mol. The second-order valence-electron chi connectivity index (χ2n) is 8.36. The summed E-state index contributed by atoms with van der Waals surface area (Å²) < 4.78 is 0. The van der Waals surface area contributed by atoms with Gasteiger partial charge in [-0.2, -0.15) is 0 Å². The molecule has 1 amide bonds. The van der Waals surface area contributed by atoms with Crippen LogP contribution in [0, 0.1) is 0 Å². The highest BCUT2D eigenvalue weighted by atomic mass is 16.3. The molecule has 154 valence electrons. The molecule has 0 aromatic heterocycles. The summed E-state index contributed by atoms with van der Waals surface area (Å²) in [6, 6.07) is 16.0. The Kier molecular flexibility index (Phi) is 6.16. The van der Waals surface area contributed by atoms with Crippen LogP contribution in [0.1, 0.15) is 48.4 Å². The molecule has 29 heavy (non-hydrogen) atoms. The van der Waals surface area contributed by atoms with Gasteiger partial charge in [0.25, 0.3) is 0 Å². The van der Waals surface area contributed by atoms with Crippen LogP contribution in [0.5, 0.6) is 5.75 Å². The SMILES string of the molecule is O=C(CC[C@H](Cc1ccc(O)cc1)N1CCC(O)C1)NC1CCc2ccccc21. The number of hydrogen-bond acceptors (Lipinski definition) is 4. The Morgan fingerprint density at radius 3 is 2.69 bits per heavy atom. The van der Waals surface area contributed by atoms with Gasteiger partial charge >= 0.3 is 0 Å². The molecule has 1 aliphatic heterocycles. The van der Waals surface area contributed by atoms with Crippen LogP contribution in [-0.2, 0) is 17.6 Å². The number of rotatable bonds is 7. The van der Waals surface area contributed by atoms with Gasteiger partial charge in [0.05, 0.1) is 12.1 Å². The smallest absolute Gasteiger partial charge is 0.220 e. The van der Waals surface area contributed by atoms with Gasteiger partial charge in [0.1, 0.15) is 5.75 Å². The minimum atomic E-state index is -0.277. The Labute approximate surface area is 172 Å². The van der Waals surface area contributed by atoms with Crippen LogP contribution < -0.4 is 5.32 Å². The fourth-order valence-corrected chi connectivity index (χ4v) is 4.69. The van der Waals surface area contributed by atoms with Gasteiger partial charge < -0.3 is 15.5 Å². The molecule has 3 atom stereocenters. The lowest BCUT2D eigenvalue weighted by Crippen LogP contribution is -2.37. The summed E-state index contributed by atoms with van der Waals surface area (Å²) in [7, 11) is 0. The predicted molar refractivity (Wildman–Crippen MR) is 113 cm³/mol. The van der Waals surface area contributed by atoms with Gasteiger partial charge in [-0.1, -0.05) is 36.4 Å². The summed E-state index contributed by atoms with van der Waals surface area (Å²) in [5.41, 5.74) is 3.73. The van der Waals surface area contributed by atoms with E-state index in [1.165, 1.54) is 11.1 Å². The first-order chi connectivity index (χ1) is 14.1. The highest BCUT2D eigenvalue weighted by molar-refractivity contribution is 5.76. The zero-order chi connectivity index (χ0) is 20.2. The first-order valence-corrected chi connectivity index (χ1v) is 10.7. The van der Waals surface area contributed by atoms with E-state index < -0.39 is 0 Å². The normalized spacial score (nSPS) is 22.4. The Bertz CT molecular complexity index is 836. The zero-order valence-corrected chi connectivity index (χ0v) is 16.8. The van der Waals surface area contributed by atoms with Gasteiger partial charge in [-0.05, 0) is 60.9 Å². The molecule has 1 aliphatic carbocycles. The number of phenolic OH excluding ortho intramolecular Hbond substituents is 1. The molecule has 0 radical (unpaired) electrons. The number of carbonyl (C=O) groups excluding carboxylic acids is 1. The Balaban J connectivity index is 1.36. The third kappa shape index (κ3) is 4.98. The molecule has 5 heteroatoms. The van der Waals surface area contributed by atoms with E-state index in [1.54, 1.807) is 12.1 Å². The predicted octanol–water partition coefficient (Wildman–Crippen LogP) is 2.95. The second-order valence-corrected chi connectivity index (χ2v) is 8.36. The van der Waals surface area contributed by atoms with Crippen molar-refractivity contribution >= 4 is 5.91 Å². The minimum absolute atomic E-state index is 0.0992. The number of nitrogens with zero attached hydrogens (tertiary/aromatic N) is 1. The molecule has 2 aliphatic rings. The largest absolute Gasteiger partial charge is 0.508 e. The molecule has 0 saturated carbocycles. The molecule has 4 rings (SSSR count). The molecular formula is C24H30N2O3. The van der Waals surface area contributed by atoms with Gasteiger partial charge in [0.2, 0.25) is 5.91 Å². The number of aromatic hydroxyl groups is 1. The second kappa shape index (κ2) is 8.97. The zero-order valence-electron chi connectivity index (χ0n) is 16.8. The highest BCUT2D eigenvalue weighted by Gasteiger charge is 2.28. The molecule has 5 nitrogen and oxygen atoms in total. The Hall–Kier alpha value is -2.37. The van der Waals surface area contributed by atoms with Crippen LogP contribution in [0.2, 0.25) is 0 Å². The van der Waals surface area contributed by atoms with E-state index in [9.17, 15) is 15.0 Å². The van der Waals surface area contributed by atoms with Gasteiger partial charge in [-0.15, -0.1) is 0 Å². The van der Waals surface area contributed by atoms with Gasteiger partial charge in [0.15, 0.2) is 0 Å². The molecule has 1 heterocycles. The summed E-state index contributed by atoms with van der Waals surface area (Å²) in [5.74, 6) is 0.361. The first kappa shape index (κ1) is 19.9. The average molecular weight is 395 g/mol. The van der Waals surface area contributed by atoms with Gasteiger partial charge in [-0.3, -0.25) is 9.69 Å². The maximum atomic E-state index is 12.7. The number of phenols is 1. The quantitative estimate of drug-likeness (QED) is 0.675. The van der Waals surface area contributed by atoms with E-state index in [-0.39, 0.29) is 29.8 Å². The van der Waals surface area contributed by atoms with Crippen molar-refractivity contribution in [2.24, 2.45) is 0 Å². The summed E-state index contributed by atoms with van der Waals surface area (Å²) in [6.45, 7) is 1.53. The van der Waals surface area contributed by atoms with Crippen LogP contribution in [-0.4, -0.2) is 46.3 Å². The lowest BCUT2D eigenvalue weighted by Gasteiger charge is -2.28. The van der Waals surface area contributed by atoms with E-state index in [1.807, 2.05) is 18.2 Å². The number of likely N-dealkylation sites (tertiary alicyclic amines) is 1. The van der Waals surface area contributed by atoms with Crippen molar-refractivity contribution < 1.29 is 15.0 Å². The number of nitrogens with one attached hydrogen (secondary N) is 1. The summed E-state index contributed by atoms with van der Waals surface area (Å²) in [6.07, 6.45) is 4.56. The first-order valence-electron chi connectivity index (χ1n) is 10.7. The minimum Gasteiger partial charge on any atom is -0.508 e. The number of β-amino-alcohol motifs (C(OH)–C–C–N with tert-alkyl or cyclic N) is 1. The van der Waals surface area contributed by atoms with Crippen LogP contribution in [0.25, 0.3) is 0 Å². The number of benzene rings is 2. The maximum Gasteiger partial charge on any atom is 0.220 e. The van der Waals surface area contributed by atoms with E-state index in [2.05, 4.69) is 28.4 Å². The van der Waals surface area contributed by atoms with Crippen molar-refractivity contribution in [2.45, 2.75) is 56.7 Å². The number of fused-ring (bicyclic) bond motifs is 1. The van der Waals surface area contributed by atoms with Crippen molar-refractivity contribution in [3.05, 3.63) is 65.2 Å². The summed E-state index contributed by atoms with van der Waals surface area (Å²) >= 11 is 0. The van der Waals surface area contributed by atoms with E-state index in [4.69, 9.17) is 0 Å². The monoisotopic (exact) mass is 394 g/mol. The highest BCUT2D eigenvalue weighted by Crippen LogP contribution is 2.31. The Morgan fingerprint density at radius 2 is 1.93 bits per heavy atom. The number of amides is 1. The van der Waals surface area contributed by atoms with Crippen LogP contribution in [0.15, 0.2) is 48.5 Å². The van der Waals surface area contributed by atoms with Gasteiger partial charge in [-0.25, -0.2) is 0 Å². The van der Waals surface area contributed by atoms with Crippen molar-refractivity contribution in [2.75, 3.05) is 13.1 Å². The molecule has 3 N–H and O–H groups in total. The lowest BCUT2D eigenvalue weighted by atomic mass is 10.00. The summed E-state index contributed by atoms with van der Waals surface area (Å²) in [4.78, 5) is 15.0. The number of hydrogen-bond donors (Lipinski definition) is 3. The molecule has 0 bridgehead atoms. The number of aryl methyl sites for hydroxylation is 1. The van der Waals surface area contributed by atoms with E-state index in [0.29, 0.717) is 13.0 Å². The van der Waals surface area contributed by atoms with E-state index in [0.717, 1.165) is 44.2 Å². The van der Waals surface area contributed by atoms with E-state index >= 15 is 0 Å². The van der Waals surface area contributed by atoms with Gasteiger partial charge in [0, 0.05) is 25.6 Å². The fraction of sp³-hybridized carbons (Fsp3) is 0.458. The van der Waals surface area contributed by atoms with Crippen LogP contribution >= 0.6 is 0 Å². The summed E-state index contributed by atoms with van der Waals surface area (Å²) in [5, 5.41) is 22.7. The van der Waals surface area contributed by atoms with Crippen molar-refractivity contribution in [1.29, 1.82) is 0 Å². The topological polar surface area (TPSA) is 72.8 Å². The average Bonchev–Trinajstić information content (AvgIpc) is 3.33. The van der Waals surface area contributed by atoms with Crippen molar-refractivity contribution in [3.63, 3.8) is 0 Å². The molecule has 1 fully saturated rings. The standard InChI is InChI=1S/C24H30N2O3/c27-20-9-5-17(6-10-20)15-19(26-14-13-21(28)16-26)8-12-24(29)25-23-11-7-18-3-1-2-4-22(18)23/h1-6,9-10,19,21,23,27-28H,7-8,11-16H2,(H,25,29)/t19-,21?,23?/m1/s1. The number of aliphatic hydroxyl groups excluding tert-OH is 1. The van der Waals surface area contributed by atoms with Crippen molar-refractivity contribution in [3.8, 4) is 5.75 Å². The number of carbonyl (C=O) groups is 1. The molecule has 2 unspecified atom stereocenters. The Morgan fingerprint density at radius 1 is 1.14 bits per heavy atom. The molecule has 1 saturated heterocycles.